The van der Waals surface area contributed by atoms with Crippen molar-refractivity contribution in [1.29, 1.82) is 0 Å². The fourth-order valence-corrected chi connectivity index (χ4v) is 3.57. The van der Waals surface area contributed by atoms with Gasteiger partial charge in [-0.2, -0.15) is 5.10 Å². The Morgan fingerprint density at radius 2 is 1.96 bits per heavy atom. The molecule has 7 nitrogen and oxygen atoms in total. The molecule has 2 atom stereocenters. The lowest BCUT2D eigenvalue weighted by Crippen LogP contribution is -2.48. The highest BCUT2D eigenvalue weighted by atomic mass is 16.1. The fourth-order valence-electron chi connectivity index (χ4n) is 3.57. The maximum Gasteiger partial charge on any atom is 0.251 e. The third-order valence-corrected chi connectivity index (χ3v) is 5.07. The molecule has 1 fully saturated rings. The third-order valence-electron chi connectivity index (χ3n) is 5.07. The van der Waals surface area contributed by atoms with Gasteiger partial charge in [-0.1, -0.05) is 6.92 Å². The van der Waals surface area contributed by atoms with Crippen molar-refractivity contribution in [3.05, 3.63) is 34.4 Å². The van der Waals surface area contributed by atoms with Gasteiger partial charge in [0.15, 0.2) is 0 Å². The van der Waals surface area contributed by atoms with Crippen LogP contribution in [0.5, 0.6) is 0 Å². The van der Waals surface area contributed by atoms with Crippen LogP contribution in [0.25, 0.3) is 5.95 Å². The summed E-state index contributed by atoms with van der Waals surface area (Å²) in [6.07, 6.45) is 1.31. The van der Waals surface area contributed by atoms with Gasteiger partial charge in [0.25, 0.3) is 5.95 Å². The standard InChI is InChI=1S/C19H28N6O/c1-11-10-20-7-6-17(11)23-18(26)9-16-14(4)24-25(15(16)5)19-21-12(2)8-13(3)22-19/h8,11,17,20H,6-7,9-10H2,1-5H3,(H,23,26). The average molecular weight is 356 g/mol. The average Bonchev–Trinajstić information content (AvgIpc) is 2.84. The van der Waals surface area contributed by atoms with E-state index in [0.717, 1.165) is 47.8 Å². The molecule has 1 saturated heterocycles. The zero-order valence-electron chi connectivity index (χ0n) is 16.3. The highest BCUT2D eigenvalue weighted by molar-refractivity contribution is 5.79. The van der Waals surface area contributed by atoms with Gasteiger partial charge in [-0.25, -0.2) is 14.6 Å². The Hall–Kier alpha value is -2.28. The Morgan fingerprint density at radius 3 is 2.62 bits per heavy atom. The van der Waals surface area contributed by atoms with Crippen molar-refractivity contribution >= 4 is 5.91 Å². The molecule has 3 heterocycles. The first kappa shape index (κ1) is 18.5. The van der Waals surface area contributed by atoms with Crippen LogP contribution in [0.1, 0.15) is 41.7 Å². The van der Waals surface area contributed by atoms with Gasteiger partial charge >= 0.3 is 0 Å². The fraction of sp³-hybridized carbons (Fsp3) is 0.579. The zero-order valence-corrected chi connectivity index (χ0v) is 16.3. The van der Waals surface area contributed by atoms with Crippen molar-refractivity contribution in [3.8, 4) is 5.95 Å². The highest BCUT2D eigenvalue weighted by Gasteiger charge is 2.24. The molecule has 2 aromatic heterocycles. The summed E-state index contributed by atoms with van der Waals surface area (Å²) in [6, 6.07) is 2.17. The second-order valence-corrected chi connectivity index (χ2v) is 7.33. The third kappa shape index (κ3) is 3.93. The first-order valence-corrected chi connectivity index (χ1v) is 9.23. The van der Waals surface area contributed by atoms with Crippen LogP contribution >= 0.6 is 0 Å². The maximum atomic E-state index is 12.6. The topological polar surface area (TPSA) is 84.7 Å². The molecule has 0 saturated carbocycles. The first-order valence-electron chi connectivity index (χ1n) is 9.23. The zero-order chi connectivity index (χ0) is 18.8. The van der Waals surface area contributed by atoms with E-state index in [2.05, 4.69) is 32.6 Å². The molecule has 0 bridgehead atoms. The van der Waals surface area contributed by atoms with Gasteiger partial charge in [0.2, 0.25) is 5.91 Å². The summed E-state index contributed by atoms with van der Waals surface area (Å²) in [5, 5.41) is 11.1. The van der Waals surface area contributed by atoms with Gasteiger partial charge in [0.05, 0.1) is 12.1 Å². The van der Waals surface area contributed by atoms with Gasteiger partial charge in [-0.15, -0.1) is 0 Å². The number of nitrogens with zero attached hydrogens (tertiary/aromatic N) is 4. The van der Waals surface area contributed by atoms with E-state index in [1.165, 1.54) is 0 Å². The van der Waals surface area contributed by atoms with Gasteiger partial charge in [-0.05, 0) is 59.2 Å². The molecule has 3 rings (SSSR count). The molecular weight excluding hydrogens is 328 g/mol. The molecule has 2 aromatic rings. The van der Waals surface area contributed by atoms with E-state index in [1.54, 1.807) is 4.68 Å². The quantitative estimate of drug-likeness (QED) is 0.868. The van der Waals surface area contributed by atoms with Gasteiger partial charge in [0.1, 0.15) is 0 Å². The lowest BCUT2D eigenvalue weighted by atomic mass is 9.95. The van der Waals surface area contributed by atoms with Crippen molar-refractivity contribution in [2.24, 2.45) is 5.92 Å². The number of hydrogen-bond acceptors (Lipinski definition) is 5. The molecule has 1 aliphatic rings. The lowest BCUT2D eigenvalue weighted by Gasteiger charge is -2.30. The van der Waals surface area contributed by atoms with Crippen LogP contribution in [0.3, 0.4) is 0 Å². The Labute approximate surface area is 154 Å². The molecule has 0 aliphatic carbocycles. The van der Waals surface area contributed by atoms with Gasteiger partial charge < -0.3 is 10.6 Å². The SMILES string of the molecule is Cc1cc(C)nc(-n2nc(C)c(CC(=O)NC3CCNCC3C)c2C)n1. The van der Waals surface area contributed by atoms with Crippen molar-refractivity contribution in [3.63, 3.8) is 0 Å². The monoisotopic (exact) mass is 356 g/mol. The van der Waals surface area contributed by atoms with Crippen LogP contribution in [0.15, 0.2) is 6.07 Å². The molecule has 0 radical (unpaired) electrons. The molecule has 2 N–H and O–H groups in total. The van der Waals surface area contributed by atoms with E-state index in [9.17, 15) is 4.79 Å². The number of aryl methyl sites for hydroxylation is 3. The van der Waals surface area contributed by atoms with Gasteiger partial charge in [0, 0.05) is 28.7 Å². The summed E-state index contributed by atoms with van der Waals surface area (Å²) in [4.78, 5) is 21.6. The number of hydrogen-bond donors (Lipinski definition) is 2. The number of carbonyl (C=O) groups excluding carboxylic acids is 1. The predicted octanol–water partition coefficient (Wildman–Crippen LogP) is 1.55. The van der Waals surface area contributed by atoms with E-state index >= 15 is 0 Å². The molecule has 0 aromatic carbocycles. The minimum Gasteiger partial charge on any atom is -0.353 e. The second-order valence-electron chi connectivity index (χ2n) is 7.33. The van der Waals surface area contributed by atoms with E-state index in [-0.39, 0.29) is 11.9 Å². The molecule has 140 valence electrons. The number of carbonyl (C=O) groups is 1. The van der Waals surface area contributed by atoms with Crippen LogP contribution in [0.4, 0.5) is 0 Å². The Kier molecular flexibility index (Phi) is 5.36. The minimum atomic E-state index is 0.0517. The molecule has 0 spiro atoms. The van der Waals surface area contributed by atoms with Crippen LogP contribution in [0.2, 0.25) is 0 Å². The lowest BCUT2D eigenvalue weighted by molar-refractivity contribution is -0.121. The summed E-state index contributed by atoms with van der Waals surface area (Å²) >= 11 is 0. The molecule has 2 unspecified atom stereocenters. The second kappa shape index (κ2) is 7.53. The number of nitrogens with one attached hydrogen (secondary N) is 2. The van der Waals surface area contributed by atoms with Crippen molar-refractivity contribution in [1.82, 2.24) is 30.4 Å². The normalized spacial score (nSPS) is 20.2. The molecule has 26 heavy (non-hydrogen) atoms. The smallest absolute Gasteiger partial charge is 0.251 e. The van der Waals surface area contributed by atoms with Crippen LogP contribution in [-0.4, -0.2) is 44.8 Å². The number of amides is 1. The summed E-state index contributed by atoms with van der Waals surface area (Å²) in [6.45, 7) is 11.9. The molecule has 1 amide bonds. The van der Waals surface area contributed by atoms with E-state index < -0.39 is 0 Å². The van der Waals surface area contributed by atoms with Crippen LogP contribution in [-0.2, 0) is 11.2 Å². The molecular formula is C19H28N6O. The van der Waals surface area contributed by atoms with E-state index in [1.807, 2.05) is 33.8 Å². The van der Waals surface area contributed by atoms with E-state index in [0.29, 0.717) is 18.3 Å². The van der Waals surface area contributed by atoms with Crippen LogP contribution in [0, 0.1) is 33.6 Å². The first-order chi connectivity index (χ1) is 12.3. The van der Waals surface area contributed by atoms with Crippen molar-refractivity contribution in [2.75, 3.05) is 13.1 Å². The molecule has 7 heteroatoms. The number of aromatic nitrogens is 4. The Bertz CT molecular complexity index is 792. The maximum absolute atomic E-state index is 12.6. The van der Waals surface area contributed by atoms with E-state index in [4.69, 9.17) is 0 Å². The highest BCUT2D eigenvalue weighted by Crippen LogP contribution is 2.18. The number of rotatable bonds is 4. The molecule has 1 aliphatic heterocycles. The van der Waals surface area contributed by atoms with Gasteiger partial charge in [-0.3, -0.25) is 4.79 Å². The Balaban J connectivity index is 1.78. The summed E-state index contributed by atoms with van der Waals surface area (Å²) in [5.74, 6) is 1.05. The Morgan fingerprint density at radius 1 is 1.27 bits per heavy atom. The summed E-state index contributed by atoms with van der Waals surface area (Å²) < 4.78 is 1.74. The number of piperidine rings is 1. The largest absolute Gasteiger partial charge is 0.353 e. The minimum absolute atomic E-state index is 0.0517. The summed E-state index contributed by atoms with van der Waals surface area (Å²) in [5.41, 5.74) is 4.52. The van der Waals surface area contributed by atoms with Crippen molar-refractivity contribution < 1.29 is 4.79 Å². The van der Waals surface area contributed by atoms with Crippen molar-refractivity contribution in [2.45, 2.75) is 53.5 Å². The predicted molar refractivity (Wildman–Crippen MR) is 100 cm³/mol. The summed E-state index contributed by atoms with van der Waals surface area (Å²) in [7, 11) is 0. The van der Waals surface area contributed by atoms with Crippen LogP contribution < -0.4 is 10.6 Å².